The van der Waals surface area contributed by atoms with Crippen LogP contribution < -0.4 is 35.7 Å². The summed E-state index contributed by atoms with van der Waals surface area (Å²) in [6.45, 7) is 2.06. The highest BCUT2D eigenvalue weighted by Crippen LogP contribution is 2.56. The van der Waals surface area contributed by atoms with E-state index in [0.717, 1.165) is 64.4 Å². The van der Waals surface area contributed by atoms with E-state index >= 15 is 0 Å². The van der Waals surface area contributed by atoms with Crippen molar-refractivity contribution in [2.75, 3.05) is 32.0 Å². The molecular formula is C33H30N2O6. The van der Waals surface area contributed by atoms with Gasteiger partial charge in [0.1, 0.15) is 11.5 Å². The Balaban J connectivity index is 1.76. The highest BCUT2D eigenvalue weighted by Gasteiger charge is 2.37. The highest BCUT2D eigenvalue weighted by molar-refractivity contribution is 6.40. The van der Waals surface area contributed by atoms with E-state index in [0.29, 0.717) is 45.0 Å². The van der Waals surface area contributed by atoms with Gasteiger partial charge in [-0.25, -0.2) is 0 Å². The number of fused-ring (bicyclic) bond motifs is 5. The summed E-state index contributed by atoms with van der Waals surface area (Å²) in [5.41, 5.74) is 4.08. The number of nitrogens with one attached hydrogen (secondary N) is 2. The van der Waals surface area contributed by atoms with Gasteiger partial charge in [-0.15, -0.1) is 0 Å². The van der Waals surface area contributed by atoms with Gasteiger partial charge >= 0.3 is 0 Å². The predicted octanol–water partition coefficient (Wildman–Crippen LogP) is 5.73. The third kappa shape index (κ3) is 2.94. The Kier molecular flexibility index (Phi) is 4.92. The summed E-state index contributed by atoms with van der Waals surface area (Å²) in [7, 11) is 4.57. The minimum absolute atomic E-state index is 0.136. The Morgan fingerprint density at radius 1 is 0.732 bits per heavy atom. The monoisotopic (exact) mass is 550 g/mol. The summed E-state index contributed by atoms with van der Waals surface area (Å²) < 4.78 is 17.5. The van der Waals surface area contributed by atoms with E-state index in [-0.39, 0.29) is 39.8 Å². The van der Waals surface area contributed by atoms with Crippen molar-refractivity contribution in [1.29, 1.82) is 0 Å². The first-order valence-electron chi connectivity index (χ1n) is 14.1. The number of benzene rings is 5. The van der Waals surface area contributed by atoms with E-state index in [1.54, 1.807) is 7.11 Å². The molecule has 0 radical (unpaired) electrons. The zero-order valence-corrected chi connectivity index (χ0v) is 23.4. The van der Waals surface area contributed by atoms with Gasteiger partial charge < -0.3 is 30.0 Å². The van der Waals surface area contributed by atoms with Gasteiger partial charge in [0.05, 0.1) is 43.5 Å². The number of phenolic OH excluding ortho intramolecular Hbond substituents is 1. The van der Waals surface area contributed by atoms with Gasteiger partial charge in [-0.3, -0.25) is 9.59 Å². The lowest BCUT2D eigenvalue weighted by molar-refractivity contribution is 0.376. The van der Waals surface area contributed by atoms with Gasteiger partial charge in [0.25, 0.3) is 0 Å². The van der Waals surface area contributed by atoms with E-state index in [1.807, 2.05) is 6.08 Å². The maximum atomic E-state index is 14.0. The smallest absolute Gasteiger partial charge is 0.194 e. The van der Waals surface area contributed by atoms with Crippen LogP contribution in [0, 0.1) is 0 Å². The third-order valence-corrected chi connectivity index (χ3v) is 9.50. The lowest BCUT2D eigenvalue weighted by Gasteiger charge is -2.41. The molecular weight excluding hydrogens is 520 g/mol. The number of rotatable bonds is 3. The molecule has 1 aliphatic heterocycles. The Morgan fingerprint density at radius 3 is 1.93 bits per heavy atom. The van der Waals surface area contributed by atoms with E-state index in [9.17, 15) is 14.7 Å². The first-order valence-corrected chi connectivity index (χ1v) is 14.1. The maximum absolute atomic E-state index is 14.0. The lowest BCUT2D eigenvalue weighted by atomic mass is 9.81. The minimum atomic E-state index is -0.368. The second kappa shape index (κ2) is 8.28. The molecule has 0 bridgehead atoms. The number of allylic oxidation sites excluding steroid dienone is 1. The summed E-state index contributed by atoms with van der Waals surface area (Å²) in [4.78, 5) is 27.6. The van der Waals surface area contributed by atoms with Crippen LogP contribution in [0.5, 0.6) is 23.0 Å². The number of anilines is 2. The first kappa shape index (κ1) is 24.3. The highest BCUT2D eigenvalue weighted by atomic mass is 16.5. The summed E-state index contributed by atoms with van der Waals surface area (Å²) in [6, 6.07) is 3.42. The predicted molar refractivity (Wildman–Crippen MR) is 163 cm³/mol. The topological polar surface area (TPSA) is 106 Å². The molecule has 5 aromatic carbocycles. The molecule has 1 heterocycles. The fourth-order valence-electron chi connectivity index (χ4n) is 7.90. The average molecular weight is 551 g/mol. The van der Waals surface area contributed by atoms with Crippen LogP contribution in [0.4, 0.5) is 11.4 Å². The van der Waals surface area contributed by atoms with Crippen LogP contribution in [0.25, 0.3) is 49.2 Å². The number of ether oxygens (including phenoxy) is 3. The van der Waals surface area contributed by atoms with Crippen LogP contribution >= 0.6 is 0 Å². The molecule has 8 nitrogen and oxygen atoms in total. The molecule has 8 rings (SSSR count). The molecule has 2 aliphatic carbocycles. The molecule has 3 N–H and O–H groups in total. The van der Waals surface area contributed by atoms with Crippen molar-refractivity contribution >= 4 is 60.5 Å². The largest absolute Gasteiger partial charge is 0.504 e. The quantitative estimate of drug-likeness (QED) is 0.193. The van der Waals surface area contributed by atoms with Crippen molar-refractivity contribution in [3.8, 4) is 23.0 Å². The Labute approximate surface area is 235 Å². The molecule has 0 spiro atoms. The minimum Gasteiger partial charge on any atom is -0.504 e. The molecule has 0 aromatic heterocycles. The van der Waals surface area contributed by atoms with Gasteiger partial charge in [-0.1, -0.05) is 24.5 Å². The zero-order chi connectivity index (χ0) is 28.3. The number of aromatic hydroxyl groups is 1. The molecule has 8 heteroatoms. The Hall–Kier alpha value is -4.46. The van der Waals surface area contributed by atoms with Crippen LogP contribution in [-0.2, 0) is 6.42 Å². The van der Waals surface area contributed by atoms with Crippen LogP contribution in [0.2, 0.25) is 0 Å². The van der Waals surface area contributed by atoms with Crippen molar-refractivity contribution in [3.05, 3.63) is 49.3 Å². The van der Waals surface area contributed by atoms with Gasteiger partial charge in [0.2, 0.25) is 0 Å². The summed E-state index contributed by atoms with van der Waals surface area (Å²) in [5.74, 6) is 0.801. The van der Waals surface area contributed by atoms with Crippen LogP contribution in [0.15, 0.2) is 27.3 Å². The molecule has 1 fully saturated rings. The average Bonchev–Trinajstić information content (AvgIpc) is 3.12. The molecule has 208 valence electrons. The summed E-state index contributed by atoms with van der Waals surface area (Å²) >= 11 is 0. The van der Waals surface area contributed by atoms with E-state index < -0.39 is 0 Å². The number of hydrogen-bond acceptors (Lipinski definition) is 8. The second-order valence-electron chi connectivity index (χ2n) is 11.6. The molecule has 2 atom stereocenters. The van der Waals surface area contributed by atoms with Gasteiger partial charge in [0.15, 0.2) is 22.4 Å². The van der Waals surface area contributed by atoms with Crippen LogP contribution in [0.1, 0.15) is 43.7 Å². The SMILES string of the molecule is COc1c(O)c2c(=O)cc(OC)c3c4c(OC)cc(=O)c5c6c(c7c(c(c1C=C(C)C7)c23)c54)NC1CCCCC1N6. The van der Waals surface area contributed by atoms with Gasteiger partial charge in [-0.2, -0.15) is 0 Å². The van der Waals surface area contributed by atoms with Crippen molar-refractivity contribution in [2.45, 2.75) is 51.1 Å². The fourth-order valence-corrected chi connectivity index (χ4v) is 7.90. The van der Waals surface area contributed by atoms with Crippen LogP contribution in [-0.4, -0.2) is 38.5 Å². The number of phenols is 1. The zero-order valence-electron chi connectivity index (χ0n) is 23.4. The van der Waals surface area contributed by atoms with E-state index in [2.05, 4.69) is 17.6 Å². The maximum Gasteiger partial charge on any atom is 0.194 e. The normalized spacial score (nSPS) is 19.6. The fraction of sp³-hybridized carbons (Fsp3) is 0.333. The molecule has 5 aromatic rings. The summed E-state index contributed by atoms with van der Waals surface area (Å²) in [6.07, 6.45) is 7.05. The van der Waals surface area contributed by atoms with E-state index in [4.69, 9.17) is 14.2 Å². The standard InChI is InChI=1S/C33H30N2O6/c1-13-9-14-22-23-15(10-13)33(41-4)32(38)25-19(37)12-21(40-3)27(29(23)25)26-20(39-2)11-18(36)24(28(22)26)31-30(14)34-16-7-5-6-8-17(16)35-31/h10-12,16-17,34-35,38H,5-9H2,1-4H3. The molecule has 0 amide bonds. The number of hydrogen-bond donors (Lipinski definition) is 3. The van der Waals surface area contributed by atoms with Crippen molar-refractivity contribution in [2.24, 2.45) is 0 Å². The third-order valence-electron chi connectivity index (χ3n) is 9.50. The molecule has 3 aliphatic rings. The first-order chi connectivity index (χ1) is 19.9. The van der Waals surface area contributed by atoms with Crippen LogP contribution in [0.3, 0.4) is 0 Å². The van der Waals surface area contributed by atoms with Crippen molar-refractivity contribution in [1.82, 2.24) is 0 Å². The molecule has 0 saturated heterocycles. The lowest BCUT2D eigenvalue weighted by Crippen LogP contribution is -2.45. The van der Waals surface area contributed by atoms with Crippen molar-refractivity contribution in [3.63, 3.8) is 0 Å². The molecule has 2 unspecified atom stereocenters. The van der Waals surface area contributed by atoms with Gasteiger partial charge in [-0.05, 0) is 37.1 Å². The Bertz CT molecular complexity index is 2120. The second-order valence-corrected chi connectivity index (χ2v) is 11.6. The molecule has 1 saturated carbocycles. The number of methoxy groups -OCH3 is 3. The Morgan fingerprint density at radius 2 is 1.32 bits per heavy atom. The summed E-state index contributed by atoms with van der Waals surface area (Å²) in [5, 5.41) is 24.3. The van der Waals surface area contributed by atoms with Crippen molar-refractivity contribution < 1.29 is 19.3 Å². The van der Waals surface area contributed by atoms with Gasteiger partial charge in [0, 0.05) is 56.7 Å². The molecule has 41 heavy (non-hydrogen) atoms. The van der Waals surface area contributed by atoms with E-state index in [1.165, 1.54) is 26.4 Å².